The lowest BCUT2D eigenvalue weighted by Crippen LogP contribution is -2.56. The third kappa shape index (κ3) is 2.84. The number of carbonyl (C=O) groups is 1. The molecule has 0 aromatic rings. The Bertz CT molecular complexity index is 380. The van der Waals surface area contributed by atoms with Crippen LogP contribution >= 0.6 is 12.2 Å². The number of amides is 1. The van der Waals surface area contributed by atoms with Crippen LogP contribution < -0.4 is 5.73 Å². The topological polar surface area (TPSA) is 55.6 Å². The number of methoxy groups -OCH3 is 1. The molecule has 0 spiro atoms. The fourth-order valence-electron chi connectivity index (χ4n) is 3.55. The second-order valence-electron chi connectivity index (χ2n) is 6.30. The molecule has 2 fully saturated rings. The Kier molecular flexibility index (Phi) is 5.02. The van der Waals surface area contributed by atoms with Crippen molar-refractivity contribution in [1.29, 1.82) is 0 Å². The maximum Gasteiger partial charge on any atom is 0.235 e. The lowest BCUT2D eigenvalue weighted by molar-refractivity contribution is -0.144. The predicted molar refractivity (Wildman–Crippen MR) is 83.5 cm³/mol. The first-order chi connectivity index (χ1) is 9.51. The van der Waals surface area contributed by atoms with E-state index >= 15 is 0 Å². The summed E-state index contributed by atoms with van der Waals surface area (Å²) in [6, 6.07) is 0. The third-order valence-corrected chi connectivity index (χ3v) is 5.46. The van der Waals surface area contributed by atoms with Gasteiger partial charge in [0.1, 0.15) is 0 Å². The Morgan fingerprint density at radius 2 is 2.00 bits per heavy atom. The van der Waals surface area contributed by atoms with Gasteiger partial charge in [-0.15, -0.1) is 0 Å². The van der Waals surface area contributed by atoms with E-state index in [1.807, 2.05) is 4.90 Å². The number of thiocarbonyl (C=S) groups is 1. The summed E-state index contributed by atoms with van der Waals surface area (Å²) >= 11 is 5.25. The smallest absolute Gasteiger partial charge is 0.235 e. The van der Waals surface area contributed by atoms with E-state index in [9.17, 15) is 4.79 Å². The molecule has 2 unspecified atom stereocenters. The van der Waals surface area contributed by atoms with Crippen LogP contribution in [0.25, 0.3) is 0 Å². The molecule has 1 aliphatic carbocycles. The maximum absolute atomic E-state index is 13.0. The Morgan fingerprint density at radius 1 is 1.35 bits per heavy atom. The van der Waals surface area contributed by atoms with Crippen LogP contribution in [0.15, 0.2) is 0 Å². The number of nitrogens with zero attached hydrogens (tertiary/aromatic N) is 1. The number of hydrogen-bond donors (Lipinski definition) is 1. The standard InChI is InChI=1S/C15H26N2O2S/c1-11-6-9-17(10-12(11)19-2)14(18)15(13(16)20)7-4-3-5-8-15/h11-12H,3-10H2,1-2H3,(H2,16,20). The summed E-state index contributed by atoms with van der Waals surface area (Å²) in [6.07, 6.45) is 5.99. The van der Waals surface area contributed by atoms with Crippen LogP contribution in [-0.2, 0) is 9.53 Å². The third-order valence-electron chi connectivity index (χ3n) is 5.07. The summed E-state index contributed by atoms with van der Waals surface area (Å²) in [6.45, 7) is 3.64. The summed E-state index contributed by atoms with van der Waals surface area (Å²) in [7, 11) is 1.72. The molecule has 5 heteroatoms. The van der Waals surface area contributed by atoms with E-state index in [0.29, 0.717) is 17.5 Å². The molecule has 2 N–H and O–H groups in total. The van der Waals surface area contributed by atoms with E-state index in [0.717, 1.165) is 38.6 Å². The number of rotatable bonds is 3. The highest BCUT2D eigenvalue weighted by Crippen LogP contribution is 2.39. The fraction of sp³-hybridized carbons (Fsp3) is 0.867. The van der Waals surface area contributed by atoms with Crippen molar-refractivity contribution in [1.82, 2.24) is 4.90 Å². The minimum absolute atomic E-state index is 0.125. The Labute approximate surface area is 127 Å². The molecular weight excluding hydrogens is 272 g/mol. The largest absolute Gasteiger partial charge is 0.392 e. The number of likely N-dealkylation sites (tertiary alicyclic amines) is 1. The number of piperidine rings is 1. The summed E-state index contributed by atoms with van der Waals surface area (Å²) in [4.78, 5) is 15.3. The van der Waals surface area contributed by atoms with Gasteiger partial charge in [-0.25, -0.2) is 0 Å². The molecule has 0 radical (unpaired) electrons. The van der Waals surface area contributed by atoms with Crippen LogP contribution in [0.3, 0.4) is 0 Å². The molecule has 0 aromatic carbocycles. The summed E-state index contributed by atoms with van der Waals surface area (Å²) < 4.78 is 5.51. The van der Waals surface area contributed by atoms with Gasteiger partial charge < -0.3 is 15.4 Å². The van der Waals surface area contributed by atoms with Gasteiger partial charge in [0.15, 0.2) is 0 Å². The van der Waals surface area contributed by atoms with E-state index in [1.165, 1.54) is 6.42 Å². The molecule has 4 nitrogen and oxygen atoms in total. The van der Waals surface area contributed by atoms with E-state index in [4.69, 9.17) is 22.7 Å². The van der Waals surface area contributed by atoms with Crippen LogP contribution in [0.2, 0.25) is 0 Å². The van der Waals surface area contributed by atoms with Crippen LogP contribution in [0, 0.1) is 11.3 Å². The first-order valence-corrected chi connectivity index (χ1v) is 8.04. The highest BCUT2D eigenvalue weighted by atomic mass is 32.1. The molecule has 1 heterocycles. The van der Waals surface area contributed by atoms with Gasteiger partial charge >= 0.3 is 0 Å². The van der Waals surface area contributed by atoms with Gasteiger partial charge in [0.2, 0.25) is 5.91 Å². The first kappa shape index (κ1) is 15.7. The van der Waals surface area contributed by atoms with E-state index < -0.39 is 5.41 Å². The molecule has 2 aliphatic rings. The van der Waals surface area contributed by atoms with Gasteiger partial charge in [0, 0.05) is 20.2 Å². The van der Waals surface area contributed by atoms with Gasteiger partial charge in [0.05, 0.1) is 16.5 Å². The fourth-order valence-corrected chi connectivity index (χ4v) is 3.84. The van der Waals surface area contributed by atoms with Gasteiger partial charge in [-0.05, 0) is 25.2 Å². The van der Waals surface area contributed by atoms with Crippen molar-refractivity contribution < 1.29 is 9.53 Å². The Hall–Kier alpha value is -0.680. The second-order valence-corrected chi connectivity index (χ2v) is 6.74. The summed E-state index contributed by atoms with van der Waals surface area (Å²) in [5, 5.41) is 0. The lowest BCUT2D eigenvalue weighted by Gasteiger charge is -2.43. The minimum atomic E-state index is -0.591. The molecule has 114 valence electrons. The summed E-state index contributed by atoms with van der Waals surface area (Å²) in [5.74, 6) is 0.634. The van der Waals surface area contributed by atoms with E-state index in [1.54, 1.807) is 7.11 Å². The predicted octanol–water partition coefficient (Wildman–Crippen LogP) is 2.11. The maximum atomic E-state index is 13.0. The second kappa shape index (κ2) is 6.39. The van der Waals surface area contributed by atoms with Gasteiger partial charge in [-0.3, -0.25) is 4.79 Å². The van der Waals surface area contributed by atoms with E-state index in [2.05, 4.69) is 6.92 Å². The van der Waals surface area contributed by atoms with Gasteiger partial charge in [-0.2, -0.15) is 0 Å². The minimum Gasteiger partial charge on any atom is -0.392 e. The summed E-state index contributed by atoms with van der Waals surface area (Å²) in [5.41, 5.74) is 5.37. The van der Waals surface area contributed by atoms with Crippen molar-refractivity contribution in [2.24, 2.45) is 17.1 Å². The van der Waals surface area contributed by atoms with Gasteiger partial charge in [0.25, 0.3) is 0 Å². The van der Waals surface area contributed by atoms with E-state index in [-0.39, 0.29) is 12.0 Å². The van der Waals surface area contributed by atoms with Gasteiger partial charge in [-0.1, -0.05) is 38.4 Å². The zero-order valence-electron chi connectivity index (χ0n) is 12.6. The van der Waals surface area contributed by atoms with Crippen LogP contribution in [0.1, 0.15) is 45.4 Å². The molecule has 0 aromatic heterocycles. The Balaban J connectivity index is 2.14. The number of ether oxygens (including phenoxy) is 1. The molecule has 2 atom stereocenters. The van der Waals surface area contributed by atoms with Crippen molar-refractivity contribution in [3.63, 3.8) is 0 Å². The number of nitrogens with two attached hydrogens (primary N) is 1. The average molecular weight is 298 g/mol. The monoisotopic (exact) mass is 298 g/mol. The zero-order valence-corrected chi connectivity index (χ0v) is 13.4. The SMILES string of the molecule is COC1CN(C(=O)C2(C(N)=S)CCCCC2)CCC1C. The molecular formula is C15H26N2O2S. The molecule has 1 saturated carbocycles. The van der Waals surface area contributed by atoms with Crippen LogP contribution in [-0.4, -0.2) is 42.1 Å². The number of hydrogen-bond acceptors (Lipinski definition) is 3. The van der Waals surface area contributed by atoms with Crippen molar-refractivity contribution in [3.8, 4) is 0 Å². The molecule has 1 saturated heterocycles. The molecule has 0 bridgehead atoms. The van der Waals surface area contributed by atoms with Crippen LogP contribution in [0.5, 0.6) is 0 Å². The quantitative estimate of drug-likeness (QED) is 0.811. The zero-order chi connectivity index (χ0) is 14.8. The molecule has 20 heavy (non-hydrogen) atoms. The van der Waals surface area contributed by atoms with Crippen LogP contribution in [0.4, 0.5) is 0 Å². The molecule has 1 amide bonds. The molecule has 2 rings (SSSR count). The molecule has 1 aliphatic heterocycles. The highest BCUT2D eigenvalue weighted by molar-refractivity contribution is 7.80. The highest BCUT2D eigenvalue weighted by Gasteiger charge is 2.46. The number of carbonyl (C=O) groups excluding carboxylic acids is 1. The first-order valence-electron chi connectivity index (χ1n) is 7.63. The van der Waals surface area contributed by atoms with Crippen molar-refractivity contribution in [2.75, 3.05) is 20.2 Å². The lowest BCUT2D eigenvalue weighted by atomic mass is 9.72. The normalized spacial score (nSPS) is 30.0. The average Bonchev–Trinajstić information content (AvgIpc) is 2.47. The van der Waals surface area contributed by atoms with Crippen molar-refractivity contribution in [2.45, 2.75) is 51.6 Å². The van der Waals surface area contributed by atoms with Crippen molar-refractivity contribution in [3.05, 3.63) is 0 Å². The Morgan fingerprint density at radius 3 is 2.55 bits per heavy atom. The van der Waals surface area contributed by atoms with Crippen molar-refractivity contribution >= 4 is 23.1 Å².